The predicted octanol–water partition coefficient (Wildman–Crippen LogP) is 5.46. The van der Waals surface area contributed by atoms with Crippen molar-refractivity contribution in [3.8, 4) is 0 Å². The van der Waals surface area contributed by atoms with Crippen molar-refractivity contribution in [1.82, 2.24) is 0 Å². The van der Waals surface area contributed by atoms with E-state index in [0.717, 1.165) is 59.3 Å². The first kappa shape index (κ1) is 23.5. The Bertz CT molecular complexity index is 878. The normalized spacial score (nSPS) is 16.2. The lowest BCUT2D eigenvalue weighted by Gasteiger charge is -2.39. The number of benzene rings is 1. The van der Waals surface area contributed by atoms with Crippen LogP contribution in [-0.4, -0.2) is 42.6 Å². The number of carbonyl (C=O) groups excluding carboxylic acids is 2. The lowest BCUT2D eigenvalue weighted by atomic mass is 10.0. The number of esters is 1. The maximum absolute atomic E-state index is 13.2. The summed E-state index contributed by atoms with van der Waals surface area (Å²) in [5, 5.41) is 5.24. The minimum atomic E-state index is -0.259. The number of para-hydroxylation sites is 1. The number of anilines is 1. The molecule has 0 bridgehead atoms. The van der Waals surface area contributed by atoms with Crippen LogP contribution < -0.4 is 5.32 Å². The number of carbonyl (C=O) groups is 2. The maximum Gasteiger partial charge on any atom is 0.348 e. The van der Waals surface area contributed by atoms with Gasteiger partial charge in [0.05, 0.1) is 19.7 Å². The van der Waals surface area contributed by atoms with Gasteiger partial charge in [0.25, 0.3) is 5.91 Å². The fraction of sp³-hybridized carbons (Fsp3) is 0.520. The molecule has 0 aliphatic carbocycles. The van der Waals surface area contributed by atoms with Crippen molar-refractivity contribution in [2.75, 3.05) is 31.6 Å². The summed E-state index contributed by atoms with van der Waals surface area (Å²) in [6.45, 7) is 9.48. The Hall–Kier alpha value is -2.18. The second-order valence-electron chi connectivity index (χ2n) is 8.73. The molecule has 5 nitrogen and oxygen atoms in total. The van der Waals surface area contributed by atoms with Crippen molar-refractivity contribution in [3.63, 3.8) is 0 Å². The molecule has 2 aromatic rings. The van der Waals surface area contributed by atoms with E-state index >= 15 is 0 Å². The third kappa shape index (κ3) is 6.40. The number of hydrogen-bond acceptors (Lipinski definition) is 4. The molecule has 1 fully saturated rings. The van der Waals surface area contributed by atoms with Crippen molar-refractivity contribution in [2.45, 2.75) is 59.4 Å². The summed E-state index contributed by atoms with van der Waals surface area (Å²) in [6.07, 6.45) is 5.98. The van der Waals surface area contributed by atoms with E-state index in [1.807, 2.05) is 45.0 Å². The minimum Gasteiger partial charge on any atom is -0.462 e. The van der Waals surface area contributed by atoms with Crippen LogP contribution in [0.15, 0.2) is 29.6 Å². The molecule has 1 aliphatic rings. The summed E-state index contributed by atoms with van der Waals surface area (Å²) in [7, 11) is 0. The zero-order chi connectivity index (χ0) is 22.3. The van der Waals surface area contributed by atoms with Crippen molar-refractivity contribution in [3.05, 3.63) is 51.2 Å². The van der Waals surface area contributed by atoms with Crippen LogP contribution in [0.25, 0.3) is 0 Å². The minimum absolute atomic E-state index is 0.0684. The van der Waals surface area contributed by atoms with Crippen molar-refractivity contribution >= 4 is 28.9 Å². The molecule has 0 spiro atoms. The molecular weight excluding hydrogens is 408 g/mol. The molecule has 1 amide bonds. The van der Waals surface area contributed by atoms with Crippen LogP contribution in [0.1, 0.15) is 65.4 Å². The highest BCUT2D eigenvalue weighted by Gasteiger charge is 2.32. The molecule has 31 heavy (non-hydrogen) atoms. The molecule has 2 heterocycles. The number of likely N-dealkylation sites (tertiary alicyclic amines) is 1. The number of thiophene rings is 1. The van der Waals surface area contributed by atoms with E-state index in [1.165, 1.54) is 30.6 Å². The van der Waals surface area contributed by atoms with Crippen molar-refractivity contribution < 1.29 is 18.8 Å². The zero-order valence-electron chi connectivity index (χ0n) is 19.0. The fourth-order valence-corrected chi connectivity index (χ4v) is 5.35. The van der Waals surface area contributed by atoms with Gasteiger partial charge in [-0.05, 0) is 63.6 Å². The van der Waals surface area contributed by atoms with Crippen molar-refractivity contribution in [1.29, 1.82) is 0 Å². The smallest absolute Gasteiger partial charge is 0.348 e. The van der Waals surface area contributed by atoms with E-state index in [2.05, 4.69) is 10.7 Å². The van der Waals surface area contributed by atoms with Crippen LogP contribution in [0.2, 0.25) is 0 Å². The van der Waals surface area contributed by atoms with Crippen LogP contribution >= 0.6 is 11.3 Å². The largest absolute Gasteiger partial charge is 0.462 e. The van der Waals surface area contributed by atoms with Gasteiger partial charge in [-0.25, -0.2) is 4.79 Å². The molecule has 1 aromatic carbocycles. The summed E-state index contributed by atoms with van der Waals surface area (Å²) in [4.78, 5) is 25.9. The number of amides is 1. The Morgan fingerprint density at radius 2 is 1.71 bits per heavy atom. The second-order valence-corrected chi connectivity index (χ2v) is 9.64. The van der Waals surface area contributed by atoms with E-state index in [4.69, 9.17) is 4.74 Å². The molecule has 1 aliphatic heterocycles. The average molecular weight is 444 g/mol. The van der Waals surface area contributed by atoms with Gasteiger partial charge >= 0.3 is 5.97 Å². The number of hydrogen-bond donors (Lipinski definition) is 1. The van der Waals surface area contributed by atoms with Gasteiger partial charge in [-0.3, -0.25) is 4.79 Å². The second kappa shape index (κ2) is 10.9. The highest BCUT2D eigenvalue weighted by atomic mass is 32.1. The number of nitrogens with one attached hydrogen (secondary N) is 1. The number of aryl methyl sites for hydroxylation is 2. The van der Waals surface area contributed by atoms with Gasteiger partial charge in [0.2, 0.25) is 0 Å². The number of nitrogens with zero attached hydrogens (tertiary/aromatic N) is 1. The molecule has 1 saturated heterocycles. The van der Waals surface area contributed by atoms with E-state index < -0.39 is 0 Å². The van der Waals surface area contributed by atoms with Crippen LogP contribution in [0.4, 0.5) is 5.69 Å². The third-order valence-corrected chi connectivity index (χ3v) is 7.10. The van der Waals surface area contributed by atoms with E-state index in [1.54, 1.807) is 0 Å². The van der Waals surface area contributed by atoms with Gasteiger partial charge in [0, 0.05) is 16.6 Å². The lowest BCUT2D eigenvalue weighted by Crippen LogP contribution is -2.53. The molecule has 0 radical (unpaired) electrons. The molecule has 1 N–H and O–H groups in total. The number of ether oxygens (including phenoxy) is 1. The fourth-order valence-electron chi connectivity index (χ4n) is 4.56. The number of rotatable bonds is 7. The Kier molecular flexibility index (Phi) is 8.27. The van der Waals surface area contributed by atoms with Gasteiger partial charge in [-0.2, -0.15) is 0 Å². The molecule has 0 atom stereocenters. The van der Waals surface area contributed by atoms with E-state index in [0.29, 0.717) is 18.0 Å². The Morgan fingerprint density at radius 3 is 2.35 bits per heavy atom. The first-order valence-electron chi connectivity index (χ1n) is 11.4. The summed E-state index contributed by atoms with van der Waals surface area (Å²) in [5.74, 6) is -0.190. The van der Waals surface area contributed by atoms with Crippen molar-refractivity contribution in [2.24, 2.45) is 0 Å². The molecule has 0 saturated carbocycles. The van der Waals surface area contributed by atoms with Gasteiger partial charge in [-0.15, -0.1) is 11.3 Å². The van der Waals surface area contributed by atoms with Crippen LogP contribution in [0.3, 0.4) is 0 Å². The SMILES string of the molecule is CCOC(=O)c1cc(C[N+]2(CC(=O)Nc3c(C)cccc3C)CCCCCCC2)cs1. The highest BCUT2D eigenvalue weighted by Crippen LogP contribution is 2.26. The molecule has 3 rings (SSSR count). The first-order chi connectivity index (χ1) is 14.9. The quantitative estimate of drug-likeness (QED) is 0.457. The van der Waals surface area contributed by atoms with Gasteiger partial charge in [0.1, 0.15) is 11.4 Å². The standard InChI is InChI=1S/C25H34N2O3S/c1-4-30-25(29)22-15-21(18-31-22)16-27(13-8-6-5-7-9-14-27)17-23(28)26-24-19(2)11-10-12-20(24)3/h10-12,15,18H,4-9,13-14,16-17H2,1-3H3/p+1. The van der Waals surface area contributed by atoms with Crippen LogP contribution in [0, 0.1) is 13.8 Å². The first-order valence-corrected chi connectivity index (χ1v) is 12.3. The highest BCUT2D eigenvalue weighted by molar-refractivity contribution is 7.12. The van der Waals surface area contributed by atoms with E-state index in [-0.39, 0.29) is 11.9 Å². The Morgan fingerprint density at radius 1 is 1.06 bits per heavy atom. The summed E-state index contributed by atoms with van der Waals surface area (Å²) in [6, 6.07) is 8.03. The topological polar surface area (TPSA) is 55.4 Å². The third-order valence-electron chi connectivity index (χ3n) is 6.14. The van der Waals surface area contributed by atoms with Gasteiger partial charge in [0.15, 0.2) is 6.54 Å². The zero-order valence-corrected chi connectivity index (χ0v) is 19.9. The number of quaternary nitrogens is 1. The molecular formula is C25H35N2O3S+. The summed E-state index contributed by atoms with van der Waals surface area (Å²) >= 11 is 1.43. The maximum atomic E-state index is 13.2. The van der Waals surface area contributed by atoms with Gasteiger partial charge < -0.3 is 14.5 Å². The molecule has 1 aromatic heterocycles. The van der Waals surface area contributed by atoms with E-state index in [9.17, 15) is 9.59 Å². The monoisotopic (exact) mass is 443 g/mol. The average Bonchev–Trinajstić information content (AvgIpc) is 3.16. The summed E-state index contributed by atoms with van der Waals surface area (Å²) < 4.78 is 5.89. The van der Waals surface area contributed by atoms with Crippen LogP contribution in [0.5, 0.6) is 0 Å². The Labute approximate surface area is 190 Å². The predicted molar refractivity (Wildman–Crippen MR) is 126 cm³/mol. The molecule has 6 heteroatoms. The van der Waals surface area contributed by atoms with Crippen LogP contribution in [-0.2, 0) is 16.1 Å². The summed E-state index contributed by atoms with van der Waals surface area (Å²) in [5.41, 5.74) is 4.22. The lowest BCUT2D eigenvalue weighted by molar-refractivity contribution is -0.934. The molecule has 0 unspecified atom stereocenters. The van der Waals surface area contributed by atoms with Gasteiger partial charge in [-0.1, -0.05) is 24.6 Å². The Balaban J connectivity index is 1.78. The molecule has 168 valence electrons.